The molecule has 0 aromatic heterocycles. The van der Waals surface area contributed by atoms with E-state index in [0.29, 0.717) is 57.1 Å². The first kappa shape index (κ1) is 46.5. The second-order valence-electron chi connectivity index (χ2n) is 19.9. The zero-order valence-corrected chi connectivity index (χ0v) is 40.5. The van der Waals surface area contributed by atoms with Crippen LogP contribution in [-0.4, -0.2) is 134 Å². The third kappa shape index (κ3) is 12.0. The second kappa shape index (κ2) is 23.3. The van der Waals surface area contributed by atoms with E-state index in [1.165, 1.54) is 0 Å². The Kier molecular flexibility index (Phi) is 15.5. The lowest BCUT2D eigenvalue weighted by molar-refractivity contribution is -0.122. The van der Waals surface area contributed by atoms with E-state index in [2.05, 4.69) is 35.6 Å². The number of rotatable bonds is 16. The van der Waals surface area contributed by atoms with Gasteiger partial charge in [-0.2, -0.15) is 0 Å². The highest BCUT2D eigenvalue weighted by Crippen LogP contribution is 2.40. The molecule has 370 valence electrons. The van der Waals surface area contributed by atoms with Gasteiger partial charge in [-0.25, -0.2) is 0 Å². The van der Waals surface area contributed by atoms with Crippen LogP contribution >= 0.6 is 0 Å². The number of piperidine rings is 2. The van der Waals surface area contributed by atoms with E-state index in [0.717, 1.165) is 130 Å². The van der Waals surface area contributed by atoms with Crippen molar-refractivity contribution in [2.75, 3.05) is 99.0 Å². The van der Waals surface area contributed by atoms with Crippen molar-refractivity contribution in [1.29, 1.82) is 0 Å². The summed E-state index contributed by atoms with van der Waals surface area (Å²) in [6.07, 6.45) is 9.77. The maximum Gasteiger partial charge on any atom is 0.257 e. The molecule has 0 radical (unpaired) electrons. The summed E-state index contributed by atoms with van der Waals surface area (Å²) in [4.78, 5) is 79.8. The smallest absolute Gasteiger partial charge is 0.257 e. The maximum absolute atomic E-state index is 14.0. The molecule has 4 aromatic carbocycles. The molecule has 1 atom stereocenters. The average molecular weight is 954 g/mol. The van der Waals surface area contributed by atoms with E-state index >= 15 is 0 Å². The van der Waals surface area contributed by atoms with Crippen molar-refractivity contribution < 1.29 is 26.7 Å². The first-order valence-corrected chi connectivity index (χ1v) is 25.7. The molecule has 3 fully saturated rings. The fourth-order valence-corrected chi connectivity index (χ4v) is 11.3. The van der Waals surface area contributed by atoms with Crippen LogP contribution in [0, 0.1) is 11.8 Å². The number of benzene rings is 4. The van der Waals surface area contributed by atoms with Crippen LogP contribution in [0.3, 0.4) is 0 Å². The van der Waals surface area contributed by atoms with Crippen LogP contribution in [0.1, 0.15) is 101 Å². The van der Waals surface area contributed by atoms with Crippen LogP contribution in [-0.2, 0) is 14.4 Å². The highest BCUT2D eigenvalue weighted by Gasteiger charge is 2.33. The number of anilines is 6. The number of hydrogen-bond donors (Lipinski definition) is 3. The van der Waals surface area contributed by atoms with Crippen LogP contribution in [0.25, 0.3) is 0 Å². The Morgan fingerprint density at radius 3 is 1.41 bits per heavy atom. The summed E-state index contributed by atoms with van der Waals surface area (Å²) in [6, 6.07) is 29.4. The maximum atomic E-state index is 14.0. The van der Waals surface area contributed by atoms with Gasteiger partial charge in [0, 0.05) is 35.3 Å². The molecule has 5 amide bonds. The van der Waals surface area contributed by atoms with Gasteiger partial charge in [0.05, 0.1) is 64.4 Å². The number of hydrogen-bond acceptors (Lipinski definition) is 9. The molecule has 5 aliphatic rings. The van der Waals surface area contributed by atoms with Crippen LogP contribution < -0.4 is 25.8 Å². The van der Waals surface area contributed by atoms with Crippen molar-refractivity contribution in [2.45, 2.75) is 83.5 Å². The Bertz CT molecular complexity index is 2390. The zero-order valence-electron chi connectivity index (χ0n) is 42.5. The van der Waals surface area contributed by atoms with Gasteiger partial charge in [0.1, 0.15) is 0 Å². The van der Waals surface area contributed by atoms with Gasteiger partial charge in [0.25, 0.3) is 11.8 Å². The lowest BCUT2D eigenvalue weighted by Crippen LogP contribution is -2.46. The first-order valence-electron chi connectivity index (χ1n) is 27.0. The number of amides is 5. The Morgan fingerprint density at radius 1 is 0.557 bits per heavy atom. The quantitative estimate of drug-likeness (QED) is 0.0951. The van der Waals surface area contributed by atoms with Gasteiger partial charge < -0.3 is 16.0 Å². The predicted octanol–water partition coefficient (Wildman–Crippen LogP) is 8.12. The van der Waals surface area contributed by atoms with Crippen molar-refractivity contribution in [1.82, 2.24) is 24.9 Å². The average Bonchev–Trinajstić information content (AvgIpc) is 3.73. The third-order valence-corrected chi connectivity index (χ3v) is 15.1. The van der Waals surface area contributed by atoms with Crippen LogP contribution in [0.2, 0.25) is 0 Å². The number of fused-ring (bicyclic) bond motifs is 4. The molecule has 14 nitrogen and oxygen atoms in total. The Labute approximate surface area is 416 Å². The van der Waals surface area contributed by atoms with Gasteiger partial charge in [0.15, 0.2) is 0 Å². The minimum Gasteiger partial charge on any atom is -0.351 e. The fraction of sp³-hybridized carbons (Fsp3) is 0.482. The summed E-state index contributed by atoms with van der Waals surface area (Å²) >= 11 is 0. The lowest BCUT2D eigenvalue weighted by atomic mass is 9.91. The molecule has 0 bridgehead atoms. The first-order chi connectivity index (χ1) is 35.1. The molecule has 0 saturated carbocycles. The molecule has 3 N–H and O–H groups in total. The zero-order chi connectivity index (χ0) is 50.0. The molecule has 5 aliphatic heterocycles. The van der Waals surface area contributed by atoms with E-state index in [1.807, 2.05) is 84.9 Å². The van der Waals surface area contributed by atoms with Crippen molar-refractivity contribution in [3.05, 3.63) is 108 Å². The van der Waals surface area contributed by atoms with Crippen molar-refractivity contribution in [3.8, 4) is 0 Å². The molecule has 5 heterocycles. The molecule has 0 aliphatic carbocycles. The van der Waals surface area contributed by atoms with Gasteiger partial charge >= 0.3 is 0 Å². The molecule has 9 rings (SSSR count). The lowest BCUT2D eigenvalue weighted by Gasteiger charge is -2.33. The van der Waals surface area contributed by atoms with Gasteiger partial charge in [-0.15, -0.1) is 0 Å². The van der Waals surface area contributed by atoms with Gasteiger partial charge in [-0.1, -0.05) is 81.1 Å². The Hall–Kier alpha value is -5.93. The van der Waals surface area contributed by atoms with Crippen molar-refractivity contribution in [2.24, 2.45) is 11.8 Å². The molecule has 14 heteroatoms. The summed E-state index contributed by atoms with van der Waals surface area (Å²) in [5.41, 5.74) is 4.80. The highest BCUT2D eigenvalue weighted by atomic mass is 16.2. The topological polar surface area (TPSA) is 141 Å². The third-order valence-electron chi connectivity index (χ3n) is 15.1. The van der Waals surface area contributed by atoms with E-state index in [1.54, 1.807) is 21.9 Å². The van der Waals surface area contributed by atoms with Crippen LogP contribution in [0.15, 0.2) is 97.1 Å². The summed E-state index contributed by atoms with van der Waals surface area (Å²) in [6.45, 7) is 9.00. The number of carbonyl (C=O) groups excluding carboxylic acids is 5. The second-order valence-corrected chi connectivity index (χ2v) is 19.9. The standard InChI is InChI=1S/C56H71N9O5/c1-2-52(66)57-43-37-60(29-13-11-15-41-25-31-62(32-26-41)39-53(67)64-48-21-7-3-17-44(48)55(69)58-46-19-5-9-23-50(46)64)35-36-61(38-43)30-14-12-16-42-27-33-63(34-28-42)40-54(68)65-49-22-8-4-18-45(49)56(70)59-47-20-6-10-24-51(47)65/h3-10,17-24,41-43H,2,11-16,25-40H2,1H3,(H,57,66)(H,58,69)(H,59,70)/i1T,2T. The number of nitrogens with one attached hydrogen (secondary N) is 3. The van der Waals surface area contributed by atoms with Crippen molar-refractivity contribution >= 4 is 63.7 Å². The minimum atomic E-state index is -1.08. The molecular formula is C56H71N9O5. The largest absolute Gasteiger partial charge is 0.351 e. The van der Waals surface area contributed by atoms with Crippen LogP contribution in [0.5, 0.6) is 0 Å². The van der Waals surface area contributed by atoms with Gasteiger partial charge in [-0.3, -0.25) is 53.4 Å². The molecule has 4 aromatic rings. The highest BCUT2D eigenvalue weighted by molar-refractivity contribution is 6.19. The normalized spacial score (nSPS) is 19.7. The van der Waals surface area contributed by atoms with E-state index in [4.69, 9.17) is 2.74 Å². The summed E-state index contributed by atoms with van der Waals surface area (Å²) in [5, 5.41) is 9.09. The Morgan fingerprint density at radius 2 is 0.971 bits per heavy atom. The van der Waals surface area contributed by atoms with E-state index in [-0.39, 0.29) is 55.6 Å². The molecule has 3 saturated heterocycles. The number of para-hydroxylation sites is 6. The molecule has 70 heavy (non-hydrogen) atoms. The minimum absolute atomic E-state index is 0.0458. The number of likely N-dealkylation sites (tertiary alicyclic amines) is 2. The van der Waals surface area contributed by atoms with E-state index in [9.17, 15) is 24.0 Å². The number of carbonyl (C=O) groups is 5. The van der Waals surface area contributed by atoms with E-state index < -0.39 is 6.40 Å². The summed E-state index contributed by atoms with van der Waals surface area (Å²) < 4.78 is 15.7. The summed E-state index contributed by atoms with van der Waals surface area (Å²) in [7, 11) is 0. The Balaban J connectivity index is 0.692. The van der Waals surface area contributed by atoms with Crippen molar-refractivity contribution in [3.63, 3.8) is 0 Å². The summed E-state index contributed by atoms with van der Waals surface area (Å²) in [5.74, 6) is 0.330. The van der Waals surface area contributed by atoms with Gasteiger partial charge in [-0.05, 0) is 138 Å². The number of nitrogens with zero attached hydrogens (tertiary/aromatic N) is 6. The van der Waals surface area contributed by atoms with Crippen LogP contribution in [0.4, 0.5) is 34.1 Å². The number of unbranched alkanes of at least 4 members (excludes halogenated alkanes) is 2. The SMILES string of the molecule is [3H]CC([3H])C(=O)NC1CN(CCCCC2CCN(CC(=O)N3c4ccccc4NC(=O)c4ccccc43)CC2)CCN(CCCCC2CCN(CC(=O)N3c4ccccc4NC(=O)c4ccccc43)CC2)C1. The predicted molar refractivity (Wildman–Crippen MR) is 277 cm³/mol. The fourth-order valence-electron chi connectivity index (χ4n) is 11.3. The molecule has 0 spiro atoms. The monoisotopic (exact) mass is 954 g/mol. The van der Waals surface area contributed by atoms with Gasteiger partial charge in [0.2, 0.25) is 17.7 Å². The molecule has 1 unspecified atom stereocenters. The molecular weight excluding hydrogens is 879 g/mol.